The molecule has 0 saturated carbocycles. The molecule has 3 aromatic rings. The smallest absolute Gasteiger partial charge is 0.300 e. The Morgan fingerprint density at radius 1 is 1.10 bits per heavy atom. The summed E-state index contributed by atoms with van der Waals surface area (Å²) in [6.07, 6.45) is 8.46. The molecular formula is C26H26N2O2. The first-order valence-corrected chi connectivity index (χ1v) is 9.99. The number of amides is 1. The second-order valence-electron chi connectivity index (χ2n) is 7.54. The third-order valence-corrected chi connectivity index (χ3v) is 5.46. The van der Waals surface area contributed by atoms with Crippen LogP contribution >= 0.6 is 0 Å². The van der Waals surface area contributed by atoms with E-state index in [4.69, 9.17) is 6.42 Å². The molecule has 1 heterocycles. The van der Waals surface area contributed by atoms with Crippen molar-refractivity contribution in [1.29, 1.82) is 0 Å². The number of hydrogen-bond donors (Lipinski definition) is 1. The first-order valence-electron chi connectivity index (χ1n) is 9.99. The van der Waals surface area contributed by atoms with Crippen molar-refractivity contribution < 1.29 is 4.79 Å². The summed E-state index contributed by atoms with van der Waals surface area (Å²) in [6, 6.07) is 14.1. The Balaban J connectivity index is 2.18. The van der Waals surface area contributed by atoms with E-state index in [2.05, 4.69) is 43.3 Å². The molecular weight excluding hydrogens is 372 g/mol. The molecule has 0 saturated heterocycles. The second-order valence-corrected chi connectivity index (χ2v) is 7.54. The van der Waals surface area contributed by atoms with Crippen molar-refractivity contribution in [3.05, 3.63) is 86.8 Å². The molecule has 0 radical (unpaired) electrons. The molecule has 0 bridgehead atoms. The van der Waals surface area contributed by atoms with Gasteiger partial charge in [-0.05, 0) is 84.2 Å². The van der Waals surface area contributed by atoms with Gasteiger partial charge in [-0.1, -0.05) is 31.2 Å². The van der Waals surface area contributed by atoms with Gasteiger partial charge in [-0.25, -0.2) is 0 Å². The van der Waals surface area contributed by atoms with Gasteiger partial charge in [0.2, 0.25) is 0 Å². The van der Waals surface area contributed by atoms with Gasteiger partial charge < -0.3 is 9.88 Å². The van der Waals surface area contributed by atoms with Crippen LogP contribution in [-0.2, 0) is 24.7 Å². The number of terminal acetylenes is 1. The number of nitrogens with zero attached hydrogens (tertiary/aromatic N) is 1. The molecule has 4 heteroatoms. The van der Waals surface area contributed by atoms with Gasteiger partial charge in [0.1, 0.15) is 0 Å². The molecule has 0 atom stereocenters. The van der Waals surface area contributed by atoms with Crippen LogP contribution in [0.25, 0.3) is 11.1 Å². The molecule has 3 rings (SSSR count). The fourth-order valence-corrected chi connectivity index (χ4v) is 3.74. The molecule has 0 aliphatic carbocycles. The number of hydrogen-bond acceptors (Lipinski definition) is 2. The fraction of sp³-hybridized carbons (Fsp3) is 0.231. The van der Waals surface area contributed by atoms with E-state index < -0.39 is 5.91 Å². The predicted molar refractivity (Wildman–Crippen MR) is 123 cm³/mol. The van der Waals surface area contributed by atoms with E-state index in [0.717, 1.165) is 28.7 Å². The molecule has 2 aromatic carbocycles. The van der Waals surface area contributed by atoms with Crippen LogP contribution in [0, 0.1) is 26.2 Å². The van der Waals surface area contributed by atoms with E-state index in [-0.39, 0.29) is 5.56 Å². The Labute approximate surface area is 177 Å². The van der Waals surface area contributed by atoms with Crippen LogP contribution in [0.15, 0.2) is 53.5 Å². The molecule has 4 nitrogen and oxygen atoms in total. The molecule has 0 aliphatic heterocycles. The van der Waals surface area contributed by atoms with E-state index in [9.17, 15) is 9.59 Å². The van der Waals surface area contributed by atoms with E-state index in [0.29, 0.717) is 12.1 Å². The lowest BCUT2D eigenvalue weighted by molar-refractivity contribution is -0.111. The van der Waals surface area contributed by atoms with E-state index in [1.165, 1.54) is 16.7 Å². The van der Waals surface area contributed by atoms with Gasteiger partial charge in [0.05, 0.1) is 0 Å². The van der Waals surface area contributed by atoms with Gasteiger partial charge in [0.15, 0.2) is 0 Å². The average Bonchev–Trinajstić information content (AvgIpc) is 2.73. The summed E-state index contributed by atoms with van der Waals surface area (Å²) in [5, 5.41) is 2.73. The van der Waals surface area contributed by atoms with E-state index in [1.807, 2.05) is 37.4 Å². The van der Waals surface area contributed by atoms with Crippen molar-refractivity contribution in [1.82, 2.24) is 4.57 Å². The molecule has 1 N–H and O–H groups in total. The Morgan fingerprint density at radius 3 is 2.43 bits per heavy atom. The highest BCUT2D eigenvalue weighted by molar-refractivity contribution is 6.03. The number of carbonyl (C=O) groups excluding carboxylic acids is 1. The molecule has 152 valence electrons. The number of aryl methyl sites for hydroxylation is 4. The predicted octanol–water partition coefficient (Wildman–Crippen LogP) is 4.39. The van der Waals surface area contributed by atoms with Crippen molar-refractivity contribution >= 4 is 11.6 Å². The van der Waals surface area contributed by atoms with Gasteiger partial charge in [0, 0.05) is 24.5 Å². The molecule has 0 unspecified atom stereocenters. The summed E-state index contributed by atoms with van der Waals surface area (Å²) >= 11 is 0. The molecule has 0 aliphatic rings. The van der Waals surface area contributed by atoms with E-state index >= 15 is 0 Å². The summed E-state index contributed by atoms with van der Waals surface area (Å²) in [7, 11) is 1.76. The lowest BCUT2D eigenvalue weighted by Gasteiger charge is -2.16. The largest absolute Gasteiger partial charge is 0.318 e. The quantitative estimate of drug-likeness (QED) is 0.648. The summed E-state index contributed by atoms with van der Waals surface area (Å²) in [5.74, 6) is 1.59. The summed E-state index contributed by atoms with van der Waals surface area (Å²) in [6.45, 7) is 6.21. The molecule has 1 aromatic heterocycles. The number of pyridine rings is 1. The van der Waals surface area contributed by atoms with Crippen molar-refractivity contribution in [3.63, 3.8) is 0 Å². The zero-order chi connectivity index (χ0) is 21.8. The molecule has 1 amide bonds. The summed E-state index contributed by atoms with van der Waals surface area (Å²) in [5.41, 5.74) is 8.17. The van der Waals surface area contributed by atoms with Crippen LogP contribution in [0.1, 0.15) is 34.7 Å². The van der Waals surface area contributed by atoms with Gasteiger partial charge in [-0.15, -0.1) is 6.42 Å². The highest BCUT2D eigenvalue weighted by Gasteiger charge is 2.13. The standard InChI is InChI=1S/C26H26N2O2/c1-6-19-13-21(16-28(5)26(19)30)24-15-22(27-25(29)7-2)12-11-20(24)14-23-17(3)9-8-10-18(23)4/h2,8-13,15-16H,6,14H2,1,3-5H3,(H,27,29). The Hall–Kier alpha value is -3.58. The monoisotopic (exact) mass is 398 g/mol. The average molecular weight is 399 g/mol. The first-order chi connectivity index (χ1) is 14.3. The Morgan fingerprint density at radius 2 is 1.80 bits per heavy atom. The number of carbonyl (C=O) groups is 1. The fourth-order valence-electron chi connectivity index (χ4n) is 3.74. The van der Waals surface area contributed by atoms with Crippen molar-refractivity contribution in [3.8, 4) is 23.5 Å². The Kier molecular flexibility index (Phi) is 6.23. The maximum Gasteiger partial charge on any atom is 0.300 e. The molecule has 30 heavy (non-hydrogen) atoms. The third-order valence-electron chi connectivity index (χ3n) is 5.46. The van der Waals surface area contributed by atoms with Crippen molar-refractivity contribution in [2.24, 2.45) is 7.05 Å². The SMILES string of the molecule is C#CC(=O)Nc1ccc(Cc2c(C)cccc2C)c(-c2cc(CC)c(=O)n(C)c2)c1. The maximum absolute atomic E-state index is 12.4. The van der Waals surface area contributed by atoms with Gasteiger partial charge in [-0.3, -0.25) is 9.59 Å². The number of anilines is 1. The zero-order valence-electron chi connectivity index (χ0n) is 17.9. The number of aromatic nitrogens is 1. The lowest BCUT2D eigenvalue weighted by Crippen LogP contribution is -2.20. The molecule has 0 fully saturated rings. The number of nitrogens with one attached hydrogen (secondary N) is 1. The van der Waals surface area contributed by atoms with Crippen LogP contribution in [0.4, 0.5) is 5.69 Å². The minimum atomic E-state index is -0.488. The minimum absolute atomic E-state index is 0.00865. The minimum Gasteiger partial charge on any atom is -0.318 e. The Bertz CT molecular complexity index is 1190. The normalized spacial score (nSPS) is 10.5. The summed E-state index contributed by atoms with van der Waals surface area (Å²) < 4.78 is 1.61. The highest BCUT2D eigenvalue weighted by Crippen LogP contribution is 2.30. The van der Waals surface area contributed by atoms with Gasteiger partial charge in [-0.2, -0.15) is 0 Å². The zero-order valence-corrected chi connectivity index (χ0v) is 17.9. The van der Waals surface area contributed by atoms with Gasteiger partial charge in [0.25, 0.3) is 11.5 Å². The maximum atomic E-state index is 12.4. The van der Waals surface area contributed by atoms with Gasteiger partial charge >= 0.3 is 0 Å². The lowest BCUT2D eigenvalue weighted by atomic mass is 9.91. The van der Waals surface area contributed by atoms with Crippen LogP contribution in [0.2, 0.25) is 0 Å². The van der Waals surface area contributed by atoms with Crippen LogP contribution < -0.4 is 10.9 Å². The molecule has 0 spiro atoms. The topological polar surface area (TPSA) is 51.1 Å². The highest BCUT2D eigenvalue weighted by atomic mass is 16.1. The van der Waals surface area contributed by atoms with Crippen LogP contribution in [0.3, 0.4) is 0 Å². The van der Waals surface area contributed by atoms with E-state index in [1.54, 1.807) is 11.6 Å². The van der Waals surface area contributed by atoms with Crippen LogP contribution in [-0.4, -0.2) is 10.5 Å². The summed E-state index contributed by atoms with van der Waals surface area (Å²) in [4.78, 5) is 24.1. The first kappa shape index (κ1) is 21.1. The third kappa shape index (κ3) is 4.36. The number of benzene rings is 2. The second kappa shape index (κ2) is 8.84. The van der Waals surface area contributed by atoms with Crippen molar-refractivity contribution in [2.75, 3.05) is 5.32 Å². The number of rotatable bonds is 5. The van der Waals surface area contributed by atoms with Crippen molar-refractivity contribution in [2.45, 2.75) is 33.6 Å². The van der Waals surface area contributed by atoms with Crippen LogP contribution in [0.5, 0.6) is 0 Å².